The highest BCUT2D eigenvalue weighted by molar-refractivity contribution is 6.31. The molecule has 9 nitrogen and oxygen atoms in total. The molecular weight excluding hydrogens is 719 g/mol. The molecule has 0 bridgehead atoms. The van der Waals surface area contributed by atoms with E-state index in [2.05, 4.69) is 25.2 Å². The third-order valence-corrected chi connectivity index (χ3v) is 11.6. The van der Waals surface area contributed by atoms with E-state index in [0.29, 0.717) is 63.7 Å². The molecule has 1 unspecified atom stereocenters. The van der Waals surface area contributed by atoms with Crippen LogP contribution in [0.25, 0.3) is 21.9 Å². The van der Waals surface area contributed by atoms with Gasteiger partial charge in [-0.15, -0.1) is 13.2 Å². The standard InChI is InChI=1S/C41H45ClF3N5O4/c1-48-25-34(32-4-2-3-5-33(32)40(48)53)28-6-7-29(37(22-28)54-41(43,44)45)24-50-18-13-26(14-19-50)12-17-49-20-15-27(16-21-49)31-9-8-30(23-35(31)42)46-36-10-11-38(51)47-39(36)52/h2-9,22-23,25-27,36,46H,10-21,24H2,1H3,(H,47,51,52). The number of ether oxygens (including phenoxy) is 1. The molecule has 3 aliphatic heterocycles. The Balaban J connectivity index is 0.898. The number of hydrogen-bond acceptors (Lipinski definition) is 7. The number of carbonyl (C=O) groups excluding carboxylic acids is 2. The monoisotopic (exact) mass is 763 g/mol. The van der Waals surface area contributed by atoms with E-state index in [0.717, 1.165) is 76.1 Å². The van der Waals surface area contributed by atoms with Gasteiger partial charge in [0.1, 0.15) is 11.8 Å². The van der Waals surface area contributed by atoms with Gasteiger partial charge < -0.3 is 19.5 Å². The van der Waals surface area contributed by atoms with Crippen LogP contribution in [0.1, 0.15) is 62.0 Å². The van der Waals surface area contributed by atoms with Crippen molar-refractivity contribution in [1.29, 1.82) is 0 Å². The predicted octanol–water partition coefficient (Wildman–Crippen LogP) is 7.46. The summed E-state index contributed by atoms with van der Waals surface area (Å²) in [7, 11) is 1.64. The van der Waals surface area contributed by atoms with Gasteiger partial charge in [0.05, 0.1) is 0 Å². The summed E-state index contributed by atoms with van der Waals surface area (Å²) < 4.78 is 46.9. The molecule has 2 amide bonds. The van der Waals surface area contributed by atoms with Crippen LogP contribution in [-0.4, -0.2) is 71.3 Å². The summed E-state index contributed by atoms with van der Waals surface area (Å²) in [6.45, 7) is 4.96. The highest BCUT2D eigenvalue weighted by Crippen LogP contribution is 2.37. The lowest BCUT2D eigenvalue weighted by Crippen LogP contribution is -2.47. The molecule has 3 aliphatic rings. The van der Waals surface area contributed by atoms with E-state index in [-0.39, 0.29) is 23.1 Å². The molecule has 0 aliphatic carbocycles. The van der Waals surface area contributed by atoms with Gasteiger partial charge in [0, 0.05) is 53.4 Å². The Morgan fingerprint density at radius 2 is 1.61 bits per heavy atom. The Hall–Kier alpha value is -4.39. The Bertz CT molecular complexity index is 2070. The lowest BCUT2D eigenvalue weighted by atomic mass is 9.88. The fraction of sp³-hybridized carbons (Fsp3) is 0.439. The lowest BCUT2D eigenvalue weighted by molar-refractivity contribution is -0.275. The summed E-state index contributed by atoms with van der Waals surface area (Å²) >= 11 is 6.72. The number of piperidine rings is 3. The van der Waals surface area contributed by atoms with Gasteiger partial charge in [-0.2, -0.15) is 0 Å². The van der Waals surface area contributed by atoms with Crippen LogP contribution in [0.3, 0.4) is 0 Å². The van der Waals surface area contributed by atoms with Crippen LogP contribution in [0.4, 0.5) is 18.9 Å². The lowest BCUT2D eigenvalue weighted by Gasteiger charge is -2.36. The molecule has 3 fully saturated rings. The molecule has 286 valence electrons. The molecule has 4 aromatic rings. The number of likely N-dealkylation sites (tertiary alicyclic amines) is 2. The zero-order valence-electron chi connectivity index (χ0n) is 30.3. The largest absolute Gasteiger partial charge is 0.573 e. The number of rotatable bonds is 10. The van der Waals surface area contributed by atoms with Gasteiger partial charge in [-0.1, -0.05) is 48.0 Å². The topological polar surface area (TPSA) is 95.9 Å². The van der Waals surface area contributed by atoms with Crippen molar-refractivity contribution in [3.63, 3.8) is 0 Å². The molecule has 1 atom stereocenters. The van der Waals surface area contributed by atoms with Crippen molar-refractivity contribution in [2.45, 2.75) is 69.8 Å². The van der Waals surface area contributed by atoms with Crippen molar-refractivity contribution in [2.75, 3.05) is 38.0 Å². The predicted molar refractivity (Wildman–Crippen MR) is 204 cm³/mol. The number of aryl methyl sites for hydroxylation is 1. The van der Waals surface area contributed by atoms with E-state index < -0.39 is 12.4 Å². The average molecular weight is 764 g/mol. The van der Waals surface area contributed by atoms with Crippen molar-refractivity contribution in [2.24, 2.45) is 13.0 Å². The molecular formula is C41H45ClF3N5O4. The maximum atomic E-state index is 13.6. The number of imide groups is 1. The minimum Gasteiger partial charge on any atom is -0.405 e. The normalized spacial score (nSPS) is 19.6. The Morgan fingerprint density at radius 1 is 0.889 bits per heavy atom. The molecule has 13 heteroatoms. The molecule has 7 rings (SSSR count). The molecule has 54 heavy (non-hydrogen) atoms. The highest BCUT2D eigenvalue weighted by atomic mass is 35.5. The molecule has 0 radical (unpaired) electrons. The van der Waals surface area contributed by atoms with E-state index in [1.165, 1.54) is 10.6 Å². The quantitative estimate of drug-likeness (QED) is 0.162. The van der Waals surface area contributed by atoms with Crippen LogP contribution in [0, 0.1) is 5.92 Å². The molecule has 3 aromatic carbocycles. The molecule has 0 saturated carbocycles. The van der Waals surface area contributed by atoms with Gasteiger partial charge in [0.15, 0.2) is 0 Å². The number of fused-ring (bicyclic) bond motifs is 1. The van der Waals surface area contributed by atoms with Crippen LogP contribution in [0.5, 0.6) is 5.75 Å². The van der Waals surface area contributed by atoms with Crippen LogP contribution in [-0.2, 0) is 23.2 Å². The Morgan fingerprint density at radius 3 is 2.31 bits per heavy atom. The van der Waals surface area contributed by atoms with Crippen LogP contribution >= 0.6 is 11.6 Å². The zero-order chi connectivity index (χ0) is 38.0. The summed E-state index contributed by atoms with van der Waals surface area (Å²) in [4.78, 5) is 41.0. The average Bonchev–Trinajstić information content (AvgIpc) is 3.14. The van der Waals surface area contributed by atoms with Crippen LogP contribution < -0.4 is 20.9 Å². The smallest absolute Gasteiger partial charge is 0.405 e. The molecule has 1 aromatic heterocycles. The number of benzene rings is 3. The van der Waals surface area contributed by atoms with Gasteiger partial charge in [0.2, 0.25) is 11.8 Å². The Labute approximate surface area is 317 Å². The number of nitrogens with one attached hydrogen (secondary N) is 2. The fourth-order valence-corrected chi connectivity index (χ4v) is 8.54. The van der Waals surface area contributed by atoms with Gasteiger partial charge in [-0.25, -0.2) is 0 Å². The maximum Gasteiger partial charge on any atom is 0.573 e. The second-order valence-electron chi connectivity index (χ2n) is 14.9. The van der Waals surface area contributed by atoms with Crippen molar-refractivity contribution >= 4 is 39.9 Å². The van der Waals surface area contributed by atoms with Gasteiger partial charge in [-0.3, -0.25) is 24.6 Å². The number of carbonyl (C=O) groups is 2. The van der Waals surface area contributed by atoms with E-state index in [9.17, 15) is 27.6 Å². The third-order valence-electron chi connectivity index (χ3n) is 11.3. The number of anilines is 1. The van der Waals surface area contributed by atoms with Gasteiger partial charge in [-0.05, 0) is 124 Å². The molecule has 2 N–H and O–H groups in total. The number of hydrogen-bond donors (Lipinski definition) is 2. The van der Waals surface area contributed by atoms with Crippen LogP contribution in [0.2, 0.25) is 5.02 Å². The highest BCUT2D eigenvalue weighted by Gasteiger charge is 2.33. The van der Waals surface area contributed by atoms with Gasteiger partial charge >= 0.3 is 6.36 Å². The summed E-state index contributed by atoms with van der Waals surface area (Å²) in [6, 6.07) is 17.5. The summed E-state index contributed by atoms with van der Waals surface area (Å²) in [5.74, 6) is 0.151. The van der Waals surface area contributed by atoms with Gasteiger partial charge in [0.25, 0.3) is 5.56 Å². The fourth-order valence-electron chi connectivity index (χ4n) is 8.21. The molecule has 0 spiro atoms. The first-order valence-corrected chi connectivity index (χ1v) is 19.1. The van der Waals surface area contributed by atoms with Crippen molar-refractivity contribution < 1.29 is 27.5 Å². The first kappa shape index (κ1) is 37.9. The van der Waals surface area contributed by atoms with E-state index in [4.69, 9.17) is 11.6 Å². The van der Waals surface area contributed by atoms with E-state index in [1.54, 1.807) is 37.5 Å². The number of nitrogens with zero attached hydrogens (tertiary/aromatic N) is 3. The number of alkyl halides is 3. The molecule has 4 heterocycles. The summed E-state index contributed by atoms with van der Waals surface area (Å²) in [6.07, 6.45) is 2.68. The second-order valence-corrected chi connectivity index (χ2v) is 15.3. The zero-order valence-corrected chi connectivity index (χ0v) is 31.0. The number of amides is 2. The van der Waals surface area contributed by atoms with E-state index in [1.807, 2.05) is 30.3 Å². The number of aromatic nitrogens is 1. The summed E-state index contributed by atoms with van der Waals surface area (Å²) in [5.41, 5.74) is 3.41. The molecule has 3 saturated heterocycles. The Kier molecular flexibility index (Phi) is 11.3. The summed E-state index contributed by atoms with van der Waals surface area (Å²) in [5, 5.41) is 7.43. The van der Waals surface area contributed by atoms with Crippen molar-refractivity contribution in [3.05, 3.63) is 93.4 Å². The number of pyridine rings is 1. The SMILES string of the molecule is Cn1cc(-c2ccc(CN3CCC(CCN4CCC(c5ccc(NC6CCC(=O)NC6=O)cc5Cl)CC4)CC3)c(OC(F)(F)F)c2)c2ccccc2c1=O. The van der Waals surface area contributed by atoms with Crippen molar-refractivity contribution in [3.8, 4) is 16.9 Å². The van der Waals surface area contributed by atoms with Crippen LogP contribution in [0.15, 0.2) is 71.7 Å². The van der Waals surface area contributed by atoms with Crippen molar-refractivity contribution in [1.82, 2.24) is 19.7 Å². The van der Waals surface area contributed by atoms with E-state index >= 15 is 0 Å². The minimum absolute atomic E-state index is 0.168. The first-order valence-electron chi connectivity index (χ1n) is 18.7. The second kappa shape index (κ2) is 16.1. The third kappa shape index (κ3) is 8.93. The minimum atomic E-state index is -4.84. The number of halogens is 4. The maximum absolute atomic E-state index is 13.6. The first-order chi connectivity index (χ1) is 25.9.